The quantitative estimate of drug-likeness (QED) is 0.897. The molecule has 1 aliphatic rings. The molecule has 0 saturated heterocycles. The lowest BCUT2D eigenvalue weighted by Gasteiger charge is -2.07. The van der Waals surface area contributed by atoms with Crippen LogP contribution in [0, 0.1) is 17.2 Å². The average Bonchev–Trinajstić information content (AvgIpc) is 3.00. The first-order valence-electron chi connectivity index (χ1n) is 6.69. The van der Waals surface area contributed by atoms with Gasteiger partial charge in [-0.1, -0.05) is 18.5 Å². The van der Waals surface area contributed by atoms with Crippen LogP contribution in [0.25, 0.3) is 0 Å². The third-order valence-corrected chi connectivity index (χ3v) is 4.04. The van der Waals surface area contributed by atoms with Gasteiger partial charge in [0.15, 0.2) is 0 Å². The van der Waals surface area contributed by atoms with Crippen LogP contribution < -0.4 is 5.32 Å². The molecule has 1 saturated carbocycles. The summed E-state index contributed by atoms with van der Waals surface area (Å²) in [7, 11) is 0. The van der Waals surface area contributed by atoms with Crippen LogP contribution in [0.4, 0.5) is 5.69 Å². The lowest BCUT2D eigenvalue weighted by Crippen LogP contribution is -1.99. The number of nitriles is 1. The molecule has 1 aromatic heterocycles. The van der Waals surface area contributed by atoms with Gasteiger partial charge in [-0.15, -0.1) is 0 Å². The van der Waals surface area contributed by atoms with Gasteiger partial charge in [-0.05, 0) is 42.7 Å². The summed E-state index contributed by atoms with van der Waals surface area (Å²) >= 11 is 6.10. The Morgan fingerprint density at radius 3 is 2.90 bits per heavy atom. The molecule has 102 valence electrons. The van der Waals surface area contributed by atoms with Gasteiger partial charge >= 0.3 is 0 Å². The molecule has 0 aliphatic heterocycles. The smallest absolute Gasteiger partial charge is 0.123 e. The minimum absolute atomic E-state index is 0.565. The molecular formula is C16H15ClN2O. The summed E-state index contributed by atoms with van der Waals surface area (Å²) in [5, 5.41) is 12.7. The second-order valence-electron chi connectivity index (χ2n) is 5.28. The summed E-state index contributed by atoms with van der Waals surface area (Å²) in [5.74, 6) is 3.29. The summed E-state index contributed by atoms with van der Waals surface area (Å²) in [6.45, 7) is 2.80. The zero-order valence-corrected chi connectivity index (χ0v) is 11.9. The molecule has 2 atom stereocenters. The Kier molecular flexibility index (Phi) is 3.42. The van der Waals surface area contributed by atoms with Gasteiger partial charge in [0.05, 0.1) is 28.9 Å². The largest absolute Gasteiger partial charge is 0.464 e. The van der Waals surface area contributed by atoms with Crippen molar-refractivity contribution in [2.24, 2.45) is 5.92 Å². The number of hydrogen-bond donors (Lipinski definition) is 1. The molecule has 1 N–H and O–H groups in total. The van der Waals surface area contributed by atoms with E-state index in [0.717, 1.165) is 23.1 Å². The second-order valence-corrected chi connectivity index (χ2v) is 5.69. The molecular weight excluding hydrogens is 272 g/mol. The van der Waals surface area contributed by atoms with Crippen molar-refractivity contribution in [1.29, 1.82) is 5.26 Å². The molecule has 0 bridgehead atoms. The van der Waals surface area contributed by atoms with Gasteiger partial charge in [0.2, 0.25) is 0 Å². The molecule has 1 aromatic carbocycles. The standard InChI is InChI=1S/C16H15ClN2O/c1-10-6-13(10)16-5-3-12(20-16)9-19-15-7-11(8-18)2-4-14(15)17/h2-5,7,10,13,19H,6,9H2,1H3. The molecule has 2 aromatic rings. The van der Waals surface area contributed by atoms with E-state index < -0.39 is 0 Å². The van der Waals surface area contributed by atoms with E-state index in [4.69, 9.17) is 21.3 Å². The number of anilines is 1. The Morgan fingerprint density at radius 1 is 1.40 bits per heavy atom. The van der Waals surface area contributed by atoms with Crippen LogP contribution in [0.5, 0.6) is 0 Å². The number of rotatable bonds is 4. The van der Waals surface area contributed by atoms with Crippen molar-refractivity contribution in [1.82, 2.24) is 0 Å². The molecule has 1 heterocycles. The van der Waals surface area contributed by atoms with Crippen molar-refractivity contribution in [3.63, 3.8) is 0 Å². The van der Waals surface area contributed by atoms with E-state index in [1.165, 1.54) is 6.42 Å². The highest BCUT2D eigenvalue weighted by Crippen LogP contribution is 2.47. The van der Waals surface area contributed by atoms with Crippen molar-refractivity contribution in [2.45, 2.75) is 25.8 Å². The van der Waals surface area contributed by atoms with Crippen molar-refractivity contribution in [3.05, 3.63) is 52.4 Å². The highest BCUT2D eigenvalue weighted by Gasteiger charge is 2.36. The van der Waals surface area contributed by atoms with Crippen molar-refractivity contribution >= 4 is 17.3 Å². The minimum Gasteiger partial charge on any atom is -0.464 e. The Bertz CT molecular complexity index is 671. The molecule has 1 fully saturated rings. The summed E-state index contributed by atoms with van der Waals surface area (Å²) in [6.07, 6.45) is 1.22. The topological polar surface area (TPSA) is 49.0 Å². The monoisotopic (exact) mass is 286 g/mol. The van der Waals surface area contributed by atoms with Crippen LogP contribution in [0.3, 0.4) is 0 Å². The van der Waals surface area contributed by atoms with Crippen molar-refractivity contribution < 1.29 is 4.42 Å². The van der Waals surface area contributed by atoms with Gasteiger partial charge in [0.25, 0.3) is 0 Å². The number of halogens is 1. The zero-order chi connectivity index (χ0) is 14.1. The van der Waals surface area contributed by atoms with E-state index in [-0.39, 0.29) is 0 Å². The van der Waals surface area contributed by atoms with Crippen molar-refractivity contribution in [3.8, 4) is 6.07 Å². The molecule has 4 heteroatoms. The third kappa shape index (κ3) is 2.66. The molecule has 0 radical (unpaired) electrons. The predicted octanol–water partition coefficient (Wildman–Crippen LogP) is 4.54. The van der Waals surface area contributed by atoms with E-state index in [1.54, 1.807) is 18.2 Å². The SMILES string of the molecule is CC1CC1c1ccc(CNc2cc(C#N)ccc2Cl)o1. The van der Waals surface area contributed by atoms with Gasteiger partial charge in [-0.3, -0.25) is 0 Å². The van der Waals surface area contributed by atoms with Crippen LogP contribution in [-0.2, 0) is 6.54 Å². The van der Waals surface area contributed by atoms with Gasteiger partial charge < -0.3 is 9.73 Å². The molecule has 0 amide bonds. The summed E-state index contributed by atoms with van der Waals surface area (Å²) in [4.78, 5) is 0. The lowest BCUT2D eigenvalue weighted by atomic mass is 10.2. The van der Waals surface area contributed by atoms with E-state index in [2.05, 4.69) is 24.4 Å². The number of nitrogens with one attached hydrogen (secondary N) is 1. The van der Waals surface area contributed by atoms with Crippen molar-refractivity contribution in [2.75, 3.05) is 5.32 Å². The fourth-order valence-electron chi connectivity index (χ4n) is 2.32. The van der Waals surface area contributed by atoms with Gasteiger partial charge in [0.1, 0.15) is 11.5 Å². The normalized spacial score (nSPS) is 20.4. The molecule has 3 rings (SSSR count). The van der Waals surface area contributed by atoms with Gasteiger partial charge in [-0.25, -0.2) is 0 Å². The van der Waals surface area contributed by atoms with Crippen LogP contribution in [0.2, 0.25) is 5.02 Å². The highest BCUT2D eigenvalue weighted by molar-refractivity contribution is 6.33. The van der Waals surface area contributed by atoms with Gasteiger partial charge in [0, 0.05) is 5.92 Å². The van der Waals surface area contributed by atoms with E-state index in [9.17, 15) is 0 Å². The highest BCUT2D eigenvalue weighted by atomic mass is 35.5. The Hall–Kier alpha value is -1.92. The summed E-state index contributed by atoms with van der Waals surface area (Å²) in [6, 6.07) is 11.3. The Morgan fingerprint density at radius 2 is 2.20 bits per heavy atom. The van der Waals surface area contributed by atoms with Crippen LogP contribution in [0.1, 0.15) is 36.3 Å². The first kappa shape index (κ1) is 13.1. The van der Waals surface area contributed by atoms with Gasteiger partial charge in [-0.2, -0.15) is 5.26 Å². The van der Waals surface area contributed by atoms with E-state index in [1.807, 2.05) is 6.07 Å². The molecule has 20 heavy (non-hydrogen) atoms. The maximum atomic E-state index is 8.89. The second kappa shape index (κ2) is 5.22. The van der Waals surface area contributed by atoms with Crippen LogP contribution in [-0.4, -0.2) is 0 Å². The molecule has 2 unspecified atom stereocenters. The van der Waals surface area contributed by atoms with Crippen LogP contribution in [0.15, 0.2) is 34.7 Å². The number of benzene rings is 1. The van der Waals surface area contributed by atoms with E-state index in [0.29, 0.717) is 23.0 Å². The molecule has 1 aliphatic carbocycles. The molecule has 0 spiro atoms. The van der Waals surface area contributed by atoms with E-state index >= 15 is 0 Å². The van der Waals surface area contributed by atoms with Crippen LogP contribution >= 0.6 is 11.6 Å². The molecule has 3 nitrogen and oxygen atoms in total. The number of nitrogens with zero attached hydrogens (tertiary/aromatic N) is 1. The third-order valence-electron chi connectivity index (χ3n) is 3.71. The average molecular weight is 287 g/mol. The number of hydrogen-bond acceptors (Lipinski definition) is 3. The Balaban J connectivity index is 1.67. The summed E-state index contributed by atoms with van der Waals surface area (Å²) in [5.41, 5.74) is 1.34. The maximum Gasteiger partial charge on any atom is 0.123 e. The first-order valence-corrected chi connectivity index (χ1v) is 7.07. The lowest BCUT2D eigenvalue weighted by molar-refractivity contribution is 0.468. The first-order chi connectivity index (χ1) is 9.67. The maximum absolute atomic E-state index is 8.89. The zero-order valence-electron chi connectivity index (χ0n) is 11.2. The Labute approximate surface area is 123 Å². The number of furan rings is 1. The minimum atomic E-state index is 0.565. The summed E-state index contributed by atoms with van der Waals surface area (Å²) < 4.78 is 5.83. The predicted molar refractivity (Wildman–Crippen MR) is 78.7 cm³/mol. The fourth-order valence-corrected chi connectivity index (χ4v) is 2.50. The fraction of sp³-hybridized carbons (Fsp3) is 0.312.